The van der Waals surface area contributed by atoms with E-state index in [4.69, 9.17) is 0 Å². The molecule has 9 heteroatoms. The van der Waals surface area contributed by atoms with E-state index in [1.165, 1.54) is 23.1 Å². The number of nitrogens with zero attached hydrogens (tertiary/aromatic N) is 3. The Labute approximate surface area is 176 Å². The van der Waals surface area contributed by atoms with E-state index < -0.39 is 11.6 Å². The number of guanidine groups is 1. The van der Waals surface area contributed by atoms with Crippen LogP contribution in [0.2, 0.25) is 0 Å². The highest BCUT2D eigenvalue weighted by Gasteiger charge is 2.27. The van der Waals surface area contributed by atoms with Gasteiger partial charge in [-0.25, -0.2) is 13.8 Å². The second kappa shape index (κ2) is 10.6. The minimum absolute atomic E-state index is 0. The van der Waals surface area contributed by atoms with Crippen LogP contribution in [-0.2, 0) is 4.79 Å². The third kappa shape index (κ3) is 6.78. The van der Waals surface area contributed by atoms with Gasteiger partial charge in [0.15, 0.2) is 5.96 Å². The number of anilines is 1. The van der Waals surface area contributed by atoms with Gasteiger partial charge >= 0.3 is 0 Å². The summed E-state index contributed by atoms with van der Waals surface area (Å²) in [5.74, 6) is -0.694. The maximum atomic E-state index is 14.0. The molecule has 152 valence electrons. The molecular formula is C18H28F2IN5O. The Morgan fingerprint density at radius 2 is 1.96 bits per heavy atom. The number of hydrogen-bond acceptors (Lipinski definition) is 3. The molecule has 1 fully saturated rings. The first-order chi connectivity index (χ1) is 12.3. The SMILES string of the molecule is CC(C)NC(=NCC(=O)N(C)C)NC1CCN(c2c(F)cccc2F)C1.I. The normalized spacial score (nSPS) is 16.9. The van der Waals surface area contributed by atoms with Crippen LogP contribution in [0.1, 0.15) is 20.3 Å². The number of benzene rings is 1. The molecule has 1 aliphatic rings. The molecule has 0 bridgehead atoms. The van der Waals surface area contributed by atoms with Gasteiger partial charge in [-0.2, -0.15) is 0 Å². The van der Waals surface area contributed by atoms with E-state index in [2.05, 4.69) is 15.6 Å². The van der Waals surface area contributed by atoms with Crippen LogP contribution in [0.5, 0.6) is 0 Å². The molecule has 0 aliphatic carbocycles. The Balaban J connectivity index is 0.00000364. The molecule has 1 aliphatic heterocycles. The number of nitrogens with one attached hydrogen (secondary N) is 2. The van der Waals surface area contributed by atoms with Gasteiger partial charge in [0.25, 0.3) is 0 Å². The molecule has 1 amide bonds. The van der Waals surface area contributed by atoms with Crippen molar-refractivity contribution in [3.63, 3.8) is 0 Å². The van der Waals surface area contributed by atoms with Crippen molar-refractivity contribution in [3.05, 3.63) is 29.8 Å². The predicted molar refractivity (Wildman–Crippen MR) is 115 cm³/mol. The first-order valence-corrected chi connectivity index (χ1v) is 8.74. The highest BCUT2D eigenvalue weighted by molar-refractivity contribution is 14.0. The highest BCUT2D eigenvalue weighted by Crippen LogP contribution is 2.26. The molecule has 27 heavy (non-hydrogen) atoms. The van der Waals surface area contributed by atoms with Crippen molar-refractivity contribution in [3.8, 4) is 0 Å². The van der Waals surface area contributed by atoms with Gasteiger partial charge < -0.3 is 20.4 Å². The highest BCUT2D eigenvalue weighted by atomic mass is 127. The van der Waals surface area contributed by atoms with Gasteiger partial charge in [-0.05, 0) is 32.4 Å². The monoisotopic (exact) mass is 495 g/mol. The molecule has 1 atom stereocenters. The van der Waals surface area contributed by atoms with Crippen molar-refractivity contribution in [2.24, 2.45) is 4.99 Å². The van der Waals surface area contributed by atoms with Gasteiger partial charge in [0.2, 0.25) is 5.91 Å². The summed E-state index contributed by atoms with van der Waals surface area (Å²) in [5, 5.41) is 6.44. The summed E-state index contributed by atoms with van der Waals surface area (Å²) in [6.45, 7) is 4.98. The van der Waals surface area contributed by atoms with Crippen LogP contribution in [0.4, 0.5) is 14.5 Å². The van der Waals surface area contributed by atoms with Crippen LogP contribution in [0.25, 0.3) is 0 Å². The van der Waals surface area contributed by atoms with Crippen LogP contribution in [0.15, 0.2) is 23.2 Å². The number of carbonyl (C=O) groups is 1. The van der Waals surface area contributed by atoms with Crippen molar-refractivity contribution in [2.75, 3.05) is 38.6 Å². The van der Waals surface area contributed by atoms with Crippen molar-refractivity contribution in [2.45, 2.75) is 32.4 Å². The zero-order valence-corrected chi connectivity index (χ0v) is 18.5. The van der Waals surface area contributed by atoms with Crippen molar-refractivity contribution in [1.29, 1.82) is 0 Å². The lowest BCUT2D eigenvalue weighted by atomic mass is 10.2. The Kier molecular flexibility index (Phi) is 9.20. The molecule has 2 N–H and O–H groups in total. The summed E-state index contributed by atoms with van der Waals surface area (Å²) < 4.78 is 27.9. The fourth-order valence-electron chi connectivity index (χ4n) is 2.76. The van der Waals surface area contributed by atoms with Gasteiger partial charge in [-0.3, -0.25) is 4.79 Å². The van der Waals surface area contributed by atoms with E-state index in [9.17, 15) is 13.6 Å². The fourth-order valence-corrected chi connectivity index (χ4v) is 2.76. The van der Waals surface area contributed by atoms with Gasteiger partial charge in [-0.1, -0.05) is 6.07 Å². The lowest BCUT2D eigenvalue weighted by Crippen LogP contribution is -2.47. The Morgan fingerprint density at radius 1 is 1.33 bits per heavy atom. The second-order valence-electron chi connectivity index (χ2n) is 6.90. The zero-order valence-electron chi connectivity index (χ0n) is 16.1. The van der Waals surface area contributed by atoms with Gasteiger partial charge in [0.05, 0.1) is 0 Å². The molecule has 6 nitrogen and oxygen atoms in total. The number of likely N-dealkylation sites (N-methyl/N-ethyl adjacent to an activating group) is 1. The summed E-state index contributed by atoms with van der Waals surface area (Å²) in [7, 11) is 3.36. The molecule has 1 heterocycles. The quantitative estimate of drug-likeness (QED) is 0.374. The number of amides is 1. The Hall–Kier alpha value is -1.65. The average molecular weight is 495 g/mol. The minimum atomic E-state index is -0.559. The van der Waals surface area contributed by atoms with Gasteiger partial charge in [0.1, 0.15) is 23.9 Å². The molecule has 1 saturated heterocycles. The molecule has 0 aromatic heterocycles. The standard InChI is InChI=1S/C18H27F2N5O.HI/c1-12(2)22-18(21-10-16(26)24(3)4)23-13-8-9-25(11-13)17-14(19)6-5-7-15(17)20;/h5-7,12-13H,8-11H2,1-4H3,(H2,21,22,23);1H. The summed E-state index contributed by atoms with van der Waals surface area (Å²) >= 11 is 0. The number of para-hydroxylation sites is 1. The molecule has 0 spiro atoms. The van der Waals surface area contributed by atoms with Crippen molar-refractivity contribution < 1.29 is 13.6 Å². The predicted octanol–water partition coefficient (Wildman–Crippen LogP) is 2.19. The number of halogens is 3. The summed E-state index contributed by atoms with van der Waals surface area (Å²) in [6, 6.07) is 4.00. The summed E-state index contributed by atoms with van der Waals surface area (Å²) in [5.41, 5.74) is 0.00916. The minimum Gasteiger partial charge on any atom is -0.365 e. The zero-order chi connectivity index (χ0) is 19.3. The van der Waals surface area contributed by atoms with Gasteiger partial charge in [0, 0.05) is 39.3 Å². The van der Waals surface area contributed by atoms with Gasteiger partial charge in [-0.15, -0.1) is 24.0 Å². The van der Waals surface area contributed by atoms with E-state index in [1.54, 1.807) is 19.0 Å². The fraction of sp³-hybridized carbons (Fsp3) is 0.556. The third-order valence-corrected chi connectivity index (χ3v) is 4.08. The van der Waals surface area contributed by atoms with E-state index >= 15 is 0 Å². The van der Waals surface area contributed by atoms with Crippen molar-refractivity contribution >= 4 is 41.5 Å². The molecule has 1 unspecified atom stereocenters. The van der Waals surface area contributed by atoms with Crippen LogP contribution in [-0.4, -0.2) is 62.6 Å². The van der Waals surface area contributed by atoms with E-state index in [0.29, 0.717) is 25.5 Å². The second-order valence-corrected chi connectivity index (χ2v) is 6.90. The number of rotatable bonds is 5. The maximum Gasteiger partial charge on any atom is 0.243 e. The average Bonchev–Trinajstić information content (AvgIpc) is 2.99. The number of hydrogen-bond donors (Lipinski definition) is 2. The van der Waals surface area contributed by atoms with E-state index in [1.807, 2.05) is 13.8 Å². The van der Waals surface area contributed by atoms with E-state index in [0.717, 1.165) is 0 Å². The maximum absolute atomic E-state index is 14.0. The number of aliphatic imine (C=N–C) groups is 1. The smallest absolute Gasteiger partial charge is 0.243 e. The topological polar surface area (TPSA) is 60.0 Å². The molecule has 0 saturated carbocycles. The third-order valence-electron chi connectivity index (χ3n) is 4.08. The Morgan fingerprint density at radius 3 is 2.52 bits per heavy atom. The largest absolute Gasteiger partial charge is 0.365 e. The first-order valence-electron chi connectivity index (χ1n) is 8.74. The van der Waals surface area contributed by atoms with E-state index in [-0.39, 0.29) is 54.2 Å². The van der Waals surface area contributed by atoms with Crippen LogP contribution >= 0.6 is 24.0 Å². The number of carbonyl (C=O) groups excluding carboxylic acids is 1. The molecular weight excluding hydrogens is 467 g/mol. The van der Waals surface area contributed by atoms with Crippen LogP contribution in [0, 0.1) is 11.6 Å². The summed E-state index contributed by atoms with van der Waals surface area (Å²) in [6.07, 6.45) is 0.716. The van der Waals surface area contributed by atoms with Crippen LogP contribution < -0.4 is 15.5 Å². The van der Waals surface area contributed by atoms with Crippen LogP contribution in [0.3, 0.4) is 0 Å². The molecule has 1 aromatic carbocycles. The molecule has 1 aromatic rings. The van der Waals surface area contributed by atoms with Crippen molar-refractivity contribution in [1.82, 2.24) is 15.5 Å². The summed E-state index contributed by atoms with van der Waals surface area (Å²) in [4.78, 5) is 19.2. The molecule has 2 rings (SSSR count). The first kappa shape index (κ1) is 23.4. The lowest BCUT2D eigenvalue weighted by molar-refractivity contribution is -0.127. The lowest BCUT2D eigenvalue weighted by Gasteiger charge is -2.22. The molecule has 0 radical (unpaired) electrons. The Bertz CT molecular complexity index is 649.